The van der Waals surface area contributed by atoms with E-state index >= 15 is 4.39 Å². The third-order valence-electron chi connectivity index (χ3n) is 5.46. The van der Waals surface area contributed by atoms with Crippen LogP contribution in [0.4, 0.5) is 14.5 Å². The summed E-state index contributed by atoms with van der Waals surface area (Å²) < 4.78 is 30.3. The Labute approximate surface area is 174 Å². The number of carboxylic acid groups (broad SMARTS) is 1. The molecule has 2 aromatic rings. The SMILES string of the molecule is CO/N=C1/CCN(c2c(F)cc3c(=O)c(C(=O)O)cn([C@@H]4C[C@@H]4F)c3c2Cl)CC1N. The Kier molecular flexibility index (Phi) is 5.15. The molecule has 3 N–H and O–H groups in total. The van der Waals surface area contributed by atoms with Gasteiger partial charge in [-0.2, -0.15) is 0 Å². The minimum atomic E-state index is -1.47. The Morgan fingerprint density at radius 1 is 1.47 bits per heavy atom. The maximum Gasteiger partial charge on any atom is 0.341 e. The number of carbonyl (C=O) groups is 1. The molecule has 2 heterocycles. The summed E-state index contributed by atoms with van der Waals surface area (Å²) in [6.45, 7) is 0.557. The highest BCUT2D eigenvalue weighted by atomic mass is 35.5. The summed E-state index contributed by atoms with van der Waals surface area (Å²) in [4.78, 5) is 30.5. The highest BCUT2D eigenvalue weighted by Crippen LogP contribution is 2.44. The summed E-state index contributed by atoms with van der Waals surface area (Å²) in [5.74, 6) is -2.26. The third-order valence-corrected chi connectivity index (χ3v) is 5.82. The molecule has 11 heteroatoms. The topological polar surface area (TPSA) is 110 Å². The number of aromatic nitrogens is 1. The second kappa shape index (κ2) is 7.51. The van der Waals surface area contributed by atoms with E-state index in [4.69, 9.17) is 22.2 Å². The predicted molar refractivity (Wildman–Crippen MR) is 108 cm³/mol. The minimum absolute atomic E-state index is 0.0309. The fourth-order valence-corrected chi connectivity index (χ4v) is 4.29. The molecule has 4 rings (SSSR count). The zero-order valence-corrected chi connectivity index (χ0v) is 16.7. The van der Waals surface area contributed by atoms with Crippen molar-refractivity contribution in [3.8, 4) is 0 Å². The maximum atomic E-state index is 15.1. The monoisotopic (exact) mass is 440 g/mol. The highest BCUT2D eigenvalue weighted by Gasteiger charge is 2.41. The number of alkyl halides is 1. The van der Waals surface area contributed by atoms with Crippen LogP contribution in [0.3, 0.4) is 0 Å². The van der Waals surface area contributed by atoms with Gasteiger partial charge in [0.2, 0.25) is 5.43 Å². The van der Waals surface area contributed by atoms with Crippen LogP contribution in [-0.2, 0) is 4.84 Å². The smallest absolute Gasteiger partial charge is 0.341 e. The number of nitrogens with two attached hydrogens (primary N) is 1. The van der Waals surface area contributed by atoms with E-state index < -0.39 is 41.0 Å². The molecular formula is C19H19ClF2N4O4. The van der Waals surface area contributed by atoms with Gasteiger partial charge in [-0.25, -0.2) is 13.6 Å². The van der Waals surface area contributed by atoms with E-state index in [9.17, 15) is 19.1 Å². The normalized spacial score (nSPS) is 25.0. The van der Waals surface area contributed by atoms with E-state index in [0.717, 1.165) is 12.3 Å². The van der Waals surface area contributed by atoms with Gasteiger partial charge in [-0.15, -0.1) is 0 Å². The number of halogens is 3. The molecule has 3 atom stereocenters. The average Bonchev–Trinajstić information content (AvgIpc) is 3.41. The molecule has 1 aliphatic heterocycles. The van der Waals surface area contributed by atoms with Crippen LogP contribution < -0.4 is 16.1 Å². The van der Waals surface area contributed by atoms with Crippen molar-refractivity contribution in [3.63, 3.8) is 0 Å². The zero-order chi connectivity index (χ0) is 21.7. The predicted octanol–water partition coefficient (Wildman–Crippen LogP) is 2.31. The molecule has 30 heavy (non-hydrogen) atoms. The van der Waals surface area contributed by atoms with Gasteiger partial charge in [0.25, 0.3) is 0 Å². The van der Waals surface area contributed by atoms with E-state index in [1.54, 1.807) is 4.90 Å². The standard InChI is InChI=1S/C19H19ClF2N4O4/c1-30-24-13-2-3-25(7-12(13)23)17-11(22)4-8-16(15(17)20)26(14-5-10(14)21)6-9(18(8)27)19(28)29/h4,6,10,12,14H,2-3,5,7,23H2,1H3,(H,28,29)/b24-13-/t10-,12?,14+/m0/s1. The largest absolute Gasteiger partial charge is 0.477 e. The first kappa shape index (κ1) is 20.5. The van der Waals surface area contributed by atoms with Crippen LogP contribution in [0.2, 0.25) is 5.02 Å². The van der Waals surface area contributed by atoms with E-state index in [1.807, 2.05) is 0 Å². The van der Waals surface area contributed by atoms with Gasteiger partial charge in [0.15, 0.2) is 0 Å². The molecule has 160 valence electrons. The Hall–Kier alpha value is -2.72. The first-order valence-electron chi connectivity index (χ1n) is 9.29. The lowest BCUT2D eigenvalue weighted by molar-refractivity contribution is 0.0694. The van der Waals surface area contributed by atoms with E-state index in [1.165, 1.54) is 11.7 Å². The Morgan fingerprint density at radius 3 is 2.73 bits per heavy atom. The van der Waals surface area contributed by atoms with Crippen LogP contribution in [-0.4, -0.2) is 53.8 Å². The number of aromatic carboxylic acids is 1. The first-order valence-corrected chi connectivity index (χ1v) is 9.67. The van der Waals surface area contributed by atoms with Crippen molar-refractivity contribution in [2.24, 2.45) is 10.9 Å². The van der Waals surface area contributed by atoms with Gasteiger partial charge < -0.3 is 25.1 Å². The van der Waals surface area contributed by atoms with Gasteiger partial charge in [0.05, 0.1) is 39.4 Å². The molecule has 1 saturated carbocycles. The summed E-state index contributed by atoms with van der Waals surface area (Å²) in [5, 5.41) is 12.9. The number of carboxylic acids is 1. The summed E-state index contributed by atoms with van der Waals surface area (Å²) in [6.07, 6.45) is 0.461. The zero-order valence-electron chi connectivity index (χ0n) is 15.9. The maximum absolute atomic E-state index is 15.1. The molecule has 1 unspecified atom stereocenters. The lowest BCUT2D eigenvalue weighted by Crippen LogP contribution is -2.49. The van der Waals surface area contributed by atoms with Crippen molar-refractivity contribution < 1.29 is 23.5 Å². The molecule has 1 aromatic carbocycles. The Balaban J connectivity index is 1.89. The van der Waals surface area contributed by atoms with Crippen molar-refractivity contribution in [2.75, 3.05) is 25.1 Å². The van der Waals surface area contributed by atoms with Crippen molar-refractivity contribution in [3.05, 3.63) is 38.9 Å². The van der Waals surface area contributed by atoms with Crippen molar-refractivity contribution in [1.29, 1.82) is 0 Å². The number of benzene rings is 1. The Morgan fingerprint density at radius 2 is 2.17 bits per heavy atom. The van der Waals surface area contributed by atoms with Gasteiger partial charge in [-0.1, -0.05) is 16.8 Å². The van der Waals surface area contributed by atoms with Crippen LogP contribution >= 0.6 is 11.6 Å². The molecule has 2 fully saturated rings. The van der Waals surface area contributed by atoms with Gasteiger partial charge in [0.1, 0.15) is 24.7 Å². The second-order valence-electron chi connectivity index (χ2n) is 7.39. The van der Waals surface area contributed by atoms with Crippen LogP contribution in [0.5, 0.6) is 0 Å². The van der Waals surface area contributed by atoms with E-state index in [2.05, 4.69) is 5.16 Å². The molecule has 0 amide bonds. The van der Waals surface area contributed by atoms with Crippen molar-refractivity contribution >= 4 is 39.9 Å². The molecule has 1 saturated heterocycles. The fraction of sp³-hybridized carbons (Fsp3) is 0.421. The summed E-state index contributed by atoms with van der Waals surface area (Å²) in [5.41, 5.74) is 5.44. The molecule has 0 spiro atoms. The summed E-state index contributed by atoms with van der Waals surface area (Å²) in [6, 6.07) is -0.215. The minimum Gasteiger partial charge on any atom is -0.477 e. The number of piperidine rings is 1. The first-order chi connectivity index (χ1) is 14.2. The number of hydrogen-bond acceptors (Lipinski definition) is 6. The number of oxime groups is 1. The van der Waals surface area contributed by atoms with Gasteiger partial charge in [-0.05, 0) is 6.07 Å². The van der Waals surface area contributed by atoms with Gasteiger partial charge in [-0.3, -0.25) is 4.79 Å². The number of pyridine rings is 1. The van der Waals surface area contributed by atoms with Crippen LogP contribution in [0.15, 0.2) is 22.2 Å². The number of nitrogens with zero attached hydrogens (tertiary/aromatic N) is 3. The molecule has 1 aliphatic carbocycles. The fourth-order valence-electron chi connectivity index (χ4n) is 3.88. The number of anilines is 1. The van der Waals surface area contributed by atoms with Crippen LogP contribution in [0, 0.1) is 5.82 Å². The molecule has 0 radical (unpaired) electrons. The summed E-state index contributed by atoms with van der Waals surface area (Å²) >= 11 is 6.55. The Bertz CT molecular complexity index is 1140. The molecular weight excluding hydrogens is 422 g/mol. The molecule has 0 bridgehead atoms. The number of fused-ring (bicyclic) bond motifs is 1. The van der Waals surface area contributed by atoms with Crippen molar-refractivity contribution in [2.45, 2.75) is 31.1 Å². The van der Waals surface area contributed by atoms with Gasteiger partial charge in [0, 0.05) is 32.1 Å². The third kappa shape index (κ3) is 3.29. The van der Waals surface area contributed by atoms with E-state index in [0.29, 0.717) is 18.7 Å². The average molecular weight is 441 g/mol. The number of hydrogen-bond donors (Lipinski definition) is 2. The number of rotatable bonds is 4. The molecule has 8 nitrogen and oxygen atoms in total. The lowest BCUT2D eigenvalue weighted by Gasteiger charge is -2.34. The van der Waals surface area contributed by atoms with E-state index in [-0.39, 0.29) is 34.6 Å². The second-order valence-corrected chi connectivity index (χ2v) is 7.77. The molecule has 2 aliphatic rings. The quantitative estimate of drug-likeness (QED) is 0.706. The highest BCUT2D eigenvalue weighted by molar-refractivity contribution is 6.38. The van der Waals surface area contributed by atoms with Gasteiger partial charge >= 0.3 is 5.97 Å². The van der Waals surface area contributed by atoms with Crippen LogP contribution in [0.1, 0.15) is 29.2 Å². The summed E-state index contributed by atoms with van der Waals surface area (Å²) in [7, 11) is 1.41. The lowest BCUT2D eigenvalue weighted by atomic mass is 10.0. The van der Waals surface area contributed by atoms with Crippen molar-refractivity contribution in [1.82, 2.24) is 4.57 Å². The van der Waals surface area contributed by atoms with Crippen LogP contribution in [0.25, 0.3) is 10.9 Å². The molecule has 1 aromatic heterocycles.